The number of anilines is 3. The lowest BCUT2D eigenvalue weighted by molar-refractivity contribution is -0.156. The largest absolute Gasteiger partial charge is 0.397 e. The minimum absolute atomic E-state index is 0.181. The first-order chi connectivity index (χ1) is 18.6. The first-order valence-corrected chi connectivity index (χ1v) is 13.9. The Balaban J connectivity index is 1.15. The molecule has 39 heavy (non-hydrogen) atoms. The number of thiophene rings is 1. The van der Waals surface area contributed by atoms with Crippen molar-refractivity contribution in [2.75, 3.05) is 42.5 Å². The van der Waals surface area contributed by atoms with Crippen LogP contribution in [0.3, 0.4) is 0 Å². The number of aromatic nitrogens is 2. The maximum atomic E-state index is 13.5. The number of benzene rings is 1. The molecule has 2 aliphatic heterocycles. The van der Waals surface area contributed by atoms with E-state index in [0.717, 1.165) is 10.4 Å². The third kappa shape index (κ3) is 6.52. The summed E-state index contributed by atoms with van der Waals surface area (Å²) >= 11 is 1.61. The maximum absolute atomic E-state index is 13.5. The molecule has 12 heteroatoms. The summed E-state index contributed by atoms with van der Waals surface area (Å²) in [6.45, 7) is 3.63. The molecule has 2 aliphatic rings. The van der Waals surface area contributed by atoms with Crippen molar-refractivity contribution >= 4 is 34.6 Å². The summed E-state index contributed by atoms with van der Waals surface area (Å²) in [5, 5.41) is 18.9. The van der Waals surface area contributed by atoms with E-state index in [1.807, 2.05) is 34.5 Å². The van der Waals surface area contributed by atoms with Crippen molar-refractivity contribution < 1.29 is 18.7 Å². The fourth-order valence-electron chi connectivity index (χ4n) is 4.92. The molecule has 1 atom stereocenters. The molecule has 0 aliphatic carbocycles. The zero-order valence-electron chi connectivity index (χ0n) is 21.7. The topological polar surface area (TPSA) is 120 Å². The summed E-state index contributed by atoms with van der Waals surface area (Å²) in [6, 6.07) is 9.51. The van der Waals surface area contributed by atoms with Crippen molar-refractivity contribution in [3.63, 3.8) is 0 Å². The van der Waals surface area contributed by atoms with Crippen molar-refractivity contribution in [1.82, 2.24) is 19.8 Å². The van der Waals surface area contributed by atoms with Crippen LogP contribution in [0.1, 0.15) is 43.0 Å². The number of hydrogen-bond acceptors (Lipinski definition) is 9. The lowest BCUT2D eigenvalue weighted by Gasteiger charge is -2.45. The number of carbonyl (C=O) groups excluding carboxylic acids is 1. The number of likely N-dealkylation sites (tertiary alicyclic amines) is 2. The van der Waals surface area contributed by atoms with Gasteiger partial charge in [0.05, 0.1) is 16.9 Å². The van der Waals surface area contributed by atoms with E-state index < -0.39 is 12.3 Å². The first kappa shape index (κ1) is 27.4. The highest BCUT2D eigenvalue weighted by Crippen LogP contribution is 2.32. The molecule has 1 amide bonds. The van der Waals surface area contributed by atoms with Crippen molar-refractivity contribution in [1.29, 1.82) is 0 Å². The molecule has 1 unspecified atom stereocenters. The number of piperidine rings is 2. The van der Waals surface area contributed by atoms with E-state index >= 15 is 0 Å². The van der Waals surface area contributed by atoms with Gasteiger partial charge in [0, 0.05) is 61.8 Å². The number of nitrogens with zero attached hydrogens (tertiary/aromatic N) is 4. The zero-order valence-corrected chi connectivity index (χ0v) is 22.6. The molecule has 2 fully saturated rings. The monoisotopic (exact) mass is 557 g/mol. The van der Waals surface area contributed by atoms with Crippen LogP contribution in [0.25, 0.3) is 10.4 Å². The van der Waals surface area contributed by atoms with Gasteiger partial charge < -0.3 is 21.5 Å². The van der Waals surface area contributed by atoms with Gasteiger partial charge in [0.15, 0.2) is 6.35 Å². The van der Waals surface area contributed by atoms with E-state index in [1.54, 1.807) is 22.3 Å². The fourth-order valence-corrected chi connectivity index (χ4v) is 5.65. The molecule has 2 saturated heterocycles. The Labute approximate surface area is 230 Å². The normalized spacial score (nSPS) is 20.3. The highest BCUT2D eigenvalue weighted by atomic mass is 32.1. The molecule has 0 spiro atoms. The van der Waals surface area contributed by atoms with Gasteiger partial charge in [0.2, 0.25) is 5.95 Å². The van der Waals surface area contributed by atoms with Gasteiger partial charge in [-0.25, -0.2) is 18.7 Å². The van der Waals surface area contributed by atoms with E-state index in [-0.39, 0.29) is 37.4 Å². The van der Waals surface area contributed by atoms with Gasteiger partial charge in [0.25, 0.3) is 11.8 Å². The van der Waals surface area contributed by atoms with Crippen LogP contribution in [0.4, 0.5) is 26.1 Å². The third-order valence-electron chi connectivity index (χ3n) is 7.52. The van der Waals surface area contributed by atoms with Gasteiger partial charge in [-0.2, -0.15) is 0 Å². The van der Waals surface area contributed by atoms with Gasteiger partial charge >= 0.3 is 0 Å². The van der Waals surface area contributed by atoms with Gasteiger partial charge in [-0.15, -0.1) is 11.3 Å². The predicted octanol–water partition coefficient (Wildman–Crippen LogP) is 4.31. The second-order valence-corrected chi connectivity index (χ2v) is 11.4. The van der Waals surface area contributed by atoms with Crippen LogP contribution in [0.2, 0.25) is 0 Å². The number of nitrogen functional groups attached to an aromatic ring is 1. The van der Waals surface area contributed by atoms with E-state index in [0.29, 0.717) is 48.8 Å². The Morgan fingerprint density at radius 3 is 2.33 bits per heavy atom. The standard InChI is InChI=1S/C27H33F2N7O2S/c1-26(6-10-35(11-7-26)25(38)36-12-8-27(28,29)9-13-36)34-24-31-16-19(17-32-24)23(37)33-21-15-18(4-5-20(21)30)22-3-2-14-39-22/h2-5,14-17,25,38H,6-13,30H2,1H3,(H,33,37)(H,31,32,34). The lowest BCUT2D eigenvalue weighted by atomic mass is 9.89. The predicted molar refractivity (Wildman–Crippen MR) is 149 cm³/mol. The molecule has 208 valence electrons. The van der Waals surface area contributed by atoms with Crippen molar-refractivity contribution in [3.8, 4) is 10.4 Å². The summed E-state index contributed by atoms with van der Waals surface area (Å²) in [7, 11) is 0. The number of halogens is 2. The Hall–Kier alpha value is -3.19. The van der Waals surface area contributed by atoms with Gasteiger partial charge in [-0.3, -0.25) is 14.6 Å². The number of carbonyl (C=O) groups is 1. The number of aliphatic hydroxyl groups excluding tert-OH is 1. The fraction of sp³-hybridized carbons (Fsp3) is 0.444. The number of rotatable bonds is 7. The van der Waals surface area contributed by atoms with Crippen molar-refractivity contribution in [2.45, 2.75) is 50.4 Å². The van der Waals surface area contributed by atoms with Crippen LogP contribution in [-0.4, -0.2) is 74.8 Å². The highest BCUT2D eigenvalue weighted by Gasteiger charge is 2.39. The van der Waals surface area contributed by atoms with E-state index in [9.17, 15) is 18.7 Å². The number of aliphatic hydroxyl groups is 1. The molecule has 5 N–H and O–H groups in total. The molecule has 2 aromatic heterocycles. The van der Waals surface area contributed by atoms with Gasteiger partial charge in [0.1, 0.15) is 0 Å². The molecule has 1 aromatic carbocycles. The summed E-state index contributed by atoms with van der Waals surface area (Å²) in [5.41, 5.74) is 8.03. The number of nitrogens with one attached hydrogen (secondary N) is 2. The van der Waals surface area contributed by atoms with Gasteiger partial charge in [-0.05, 0) is 48.9 Å². The molecule has 9 nitrogen and oxygen atoms in total. The molecular weight excluding hydrogens is 524 g/mol. The lowest BCUT2D eigenvalue weighted by Crippen LogP contribution is -2.57. The summed E-state index contributed by atoms with van der Waals surface area (Å²) in [5.74, 6) is -2.60. The Morgan fingerprint density at radius 1 is 1.08 bits per heavy atom. The quantitative estimate of drug-likeness (QED) is 0.317. The number of alkyl halides is 2. The molecule has 5 rings (SSSR count). The minimum atomic E-state index is -2.64. The Kier molecular flexibility index (Phi) is 7.81. The first-order valence-electron chi connectivity index (χ1n) is 13.0. The van der Waals surface area contributed by atoms with Gasteiger partial charge in [-0.1, -0.05) is 12.1 Å². The van der Waals surface area contributed by atoms with Crippen molar-refractivity contribution in [3.05, 3.63) is 53.7 Å². The number of nitrogens with two attached hydrogens (primary N) is 1. The SMILES string of the molecule is CC1(Nc2ncc(C(=O)Nc3cc(-c4cccs4)ccc3N)cn2)CCN(C(O)N2CCC(F)(F)CC2)CC1. The molecule has 3 aromatic rings. The van der Waals surface area contributed by atoms with Crippen LogP contribution in [0.15, 0.2) is 48.1 Å². The summed E-state index contributed by atoms with van der Waals surface area (Å²) in [4.78, 5) is 26.3. The minimum Gasteiger partial charge on any atom is -0.397 e. The second-order valence-electron chi connectivity index (χ2n) is 10.5. The molecular formula is C27H33F2N7O2S. The molecule has 0 radical (unpaired) electrons. The molecule has 4 heterocycles. The maximum Gasteiger partial charge on any atom is 0.258 e. The number of amides is 1. The van der Waals surface area contributed by atoms with E-state index in [4.69, 9.17) is 5.73 Å². The van der Waals surface area contributed by atoms with Crippen LogP contribution in [0, 0.1) is 0 Å². The van der Waals surface area contributed by atoms with Crippen LogP contribution < -0.4 is 16.4 Å². The third-order valence-corrected chi connectivity index (χ3v) is 8.44. The van der Waals surface area contributed by atoms with Crippen LogP contribution >= 0.6 is 11.3 Å². The van der Waals surface area contributed by atoms with E-state index in [2.05, 4.69) is 27.5 Å². The summed E-state index contributed by atoms with van der Waals surface area (Å²) < 4.78 is 26.9. The van der Waals surface area contributed by atoms with Crippen LogP contribution in [-0.2, 0) is 0 Å². The average Bonchev–Trinajstić information content (AvgIpc) is 3.45. The highest BCUT2D eigenvalue weighted by molar-refractivity contribution is 7.13. The number of hydrogen-bond donors (Lipinski definition) is 4. The molecule has 0 bridgehead atoms. The smallest absolute Gasteiger partial charge is 0.258 e. The Morgan fingerprint density at radius 2 is 1.72 bits per heavy atom. The Bertz CT molecular complexity index is 1270. The molecule has 0 saturated carbocycles. The average molecular weight is 558 g/mol. The zero-order chi connectivity index (χ0) is 27.6. The van der Waals surface area contributed by atoms with E-state index in [1.165, 1.54) is 12.4 Å². The van der Waals surface area contributed by atoms with Crippen LogP contribution in [0.5, 0.6) is 0 Å². The second kappa shape index (κ2) is 11.1. The summed E-state index contributed by atoms with van der Waals surface area (Å²) in [6.07, 6.45) is 3.05. The van der Waals surface area contributed by atoms with Crippen molar-refractivity contribution in [2.24, 2.45) is 0 Å².